The summed E-state index contributed by atoms with van der Waals surface area (Å²) >= 11 is 2.78. The van der Waals surface area contributed by atoms with Crippen LogP contribution in [-0.2, 0) is 6.42 Å². The molecule has 0 fully saturated rings. The van der Waals surface area contributed by atoms with E-state index in [1.165, 1.54) is 4.88 Å². The van der Waals surface area contributed by atoms with E-state index in [0.717, 1.165) is 29.2 Å². The van der Waals surface area contributed by atoms with Crippen molar-refractivity contribution in [1.82, 2.24) is 14.1 Å². The van der Waals surface area contributed by atoms with Gasteiger partial charge in [-0.3, -0.25) is 0 Å². The van der Waals surface area contributed by atoms with Crippen molar-refractivity contribution in [2.24, 2.45) is 5.92 Å². The first-order valence-electron chi connectivity index (χ1n) is 7.57. The molecule has 3 aromatic rings. The van der Waals surface area contributed by atoms with E-state index in [0.29, 0.717) is 17.7 Å². The second kappa shape index (κ2) is 7.69. The molecule has 0 radical (unpaired) electrons. The Morgan fingerprint density at radius 2 is 2.21 bits per heavy atom. The molecule has 2 heterocycles. The molecular formula is C16H18N4O2S2. The Morgan fingerprint density at radius 1 is 1.33 bits per heavy atom. The third-order valence-electron chi connectivity index (χ3n) is 3.75. The number of urea groups is 1. The number of aliphatic hydroxyl groups excluding tert-OH is 1. The minimum atomic E-state index is -0.303. The average Bonchev–Trinajstić information content (AvgIpc) is 3.25. The molecular weight excluding hydrogens is 344 g/mol. The fourth-order valence-electron chi connectivity index (χ4n) is 2.42. The maximum atomic E-state index is 12.2. The number of hydrogen-bond acceptors (Lipinski definition) is 6. The molecule has 3 rings (SSSR count). The van der Waals surface area contributed by atoms with E-state index in [4.69, 9.17) is 0 Å². The van der Waals surface area contributed by atoms with Gasteiger partial charge in [-0.15, -0.1) is 11.3 Å². The van der Waals surface area contributed by atoms with Gasteiger partial charge in [-0.2, -0.15) is 8.75 Å². The molecule has 8 heteroatoms. The maximum absolute atomic E-state index is 12.2. The van der Waals surface area contributed by atoms with Gasteiger partial charge in [0.25, 0.3) is 0 Å². The number of benzene rings is 1. The lowest BCUT2D eigenvalue weighted by Gasteiger charge is -2.15. The van der Waals surface area contributed by atoms with Gasteiger partial charge in [-0.05, 0) is 36.4 Å². The Morgan fingerprint density at radius 3 is 2.96 bits per heavy atom. The average molecular weight is 362 g/mol. The molecule has 0 aliphatic rings. The van der Waals surface area contributed by atoms with Crippen molar-refractivity contribution in [1.29, 1.82) is 0 Å². The molecule has 3 N–H and O–H groups in total. The number of carbonyl (C=O) groups is 1. The first kappa shape index (κ1) is 16.8. The minimum absolute atomic E-state index is 0.00720. The number of carbonyl (C=O) groups excluding carboxylic acids is 1. The highest BCUT2D eigenvalue weighted by molar-refractivity contribution is 7.09. The van der Waals surface area contributed by atoms with E-state index in [2.05, 4.69) is 19.4 Å². The second-order valence-electron chi connectivity index (χ2n) is 5.56. The number of aliphatic hydroxyl groups is 1. The molecule has 1 aromatic carbocycles. The Hall–Kier alpha value is -2.03. The fourth-order valence-corrected chi connectivity index (χ4v) is 3.78. The SMILES string of the molecule is Cc1ccc2nsnc2c1NC(=O)NCC(CO)Cc1cccs1. The third kappa shape index (κ3) is 3.89. The molecule has 24 heavy (non-hydrogen) atoms. The summed E-state index contributed by atoms with van der Waals surface area (Å²) in [7, 11) is 0. The molecule has 1 atom stereocenters. The van der Waals surface area contributed by atoms with Gasteiger partial charge in [0, 0.05) is 23.9 Å². The molecule has 6 nitrogen and oxygen atoms in total. The number of anilines is 1. The van der Waals surface area contributed by atoms with Crippen LogP contribution < -0.4 is 10.6 Å². The molecule has 0 aliphatic heterocycles. The van der Waals surface area contributed by atoms with E-state index in [-0.39, 0.29) is 18.6 Å². The first-order valence-corrected chi connectivity index (χ1v) is 9.18. The van der Waals surface area contributed by atoms with Gasteiger partial charge in [0.2, 0.25) is 0 Å². The van der Waals surface area contributed by atoms with Crippen molar-refractivity contribution in [3.05, 3.63) is 40.1 Å². The molecule has 126 valence electrons. The number of aryl methyl sites for hydroxylation is 1. The topological polar surface area (TPSA) is 87.1 Å². The molecule has 0 spiro atoms. The lowest BCUT2D eigenvalue weighted by molar-refractivity contribution is 0.218. The summed E-state index contributed by atoms with van der Waals surface area (Å²) in [5.41, 5.74) is 3.08. The van der Waals surface area contributed by atoms with Crippen molar-refractivity contribution in [3.8, 4) is 0 Å². The largest absolute Gasteiger partial charge is 0.396 e. The maximum Gasteiger partial charge on any atom is 0.319 e. The molecule has 1 unspecified atom stereocenters. The smallest absolute Gasteiger partial charge is 0.319 e. The monoisotopic (exact) mass is 362 g/mol. The van der Waals surface area contributed by atoms with Crippen molar-refractivity contribution >= 4 is 45.8 Å². The van der Waals surface area contributed by atoms with Gasteiger partial charge in [-0.1, -0.05) is 12.1 Å². The second-order valence-corrected chi connectivity index (χ2v) is 7.12. The lowest BCUT2D eigenvalue weighted by atomic mass is 10.1. The van der Waals surface area contributed by atoms with Crippen LogP contribution >= 0.6 is 23.1 Å². The van der Waals surface area contributed by atoms with E-state index in [1.807, 2.05) is 36.6 Å². The number of fused-ring (bicyclic) bond motifs is 1. The van der Waals surface area contributed by atoms with Gasteiger partial charge in [0.05, 0.1) is 17.4 Å². The number of aromatic nitrogens is 2. The van der Waals surface area contributed by atoms with Crippen LogP contribution in [0.15, 0.2) is 29.6 Å². The predicted octanol–water partition coefficient (Wildman–Crippen LogP) is 3.03. The van der Waals surface area contributed by atoms with Crippen LogP contribution in [0.25, 0.3) is 11.0 Å². The van der Waals surface area contributed by atoms with Crippen molar-refractivity contribution < 1.29 is 9.90 Å². The fraction of sp³-hybridized carbons (Fsp3) is 0.312. The number of thiophene rings is 1. The summed E-state index contributed by atoms with van der Waals surface area (Å²) in [6.45, 7) is 2.36. The van der Waals surface area contributed by atoms with Gasteiger partial charge < -0.3 is 15.7 Å². The molecule has 0 saturated carbocycles. The molecule has 0 saturated heterocycles. The van der Waals surface area contributed by atoms with Gasteiger partial charge in [0.1, 0.15) is 11.0 Å². The Kier molecular flexibility index (Phi) is 5.39. The third-order valence-corrected chi connectivity index (χ3v) is 5.20. The Bertz CT molecular complexity index is 817. The highest BCUT2D eigenvalue weighted by atomic mass is 32.1. The lowest BCUT2D eigenvalue weighted by Crippen LogP contribution is -2.35. The number of rotatable bonds is 6. The van der Waals surface area contributed by atoms with Gasteiger partial charge in [0.15, 0.2) is 0 Å². The van der Waals surface area contributed by atoms with Crippen LogP contribution in [0.1, 0.15) is 10.4 Å². The van der Waals surface area contributed by atoms with E-state index in [1.54, 1.807) is 11.3 Å². The van der Waals surface area contributed by atoms with Crippen LogP contribution in [0.2, 0.25) is 0 Å². The highest BCUT2D eigenvalue weighted by Gasteiger charge is 2.14. The molecule has 0 aliphatic carbocycles. The Balaban J connectivity index is 1.60. The van der Waals surface area contributed by atoms with Crippen LogP contribution in [0.4, 0.5) is 10.5 Å². The van der Waals surface area contributed by atoms with Crippen LogP contribution in [0, 0.1) is 12.8 Å². The quantitative estimate of drug-likeness (QED) is 0.629. The first-order chi connectivity index (χ1) is 11.7. The minimum Gasteiger partial charge on any atom is -0.396 e. The summed E-state index contributed by atoms with van der Waals surface area (Å²) in [6, 6.07) is 7.52. The summed E-state index contributed by atoms with van der Waals surface area (Å²) in [5.74, 6) is -0.00720. The van der Waals surface area contributed by atoms with Crippen molar-refractivity contribution in [2.75, 3.05) is 18.5 Å². The summed E-state index contributed by atoms with van der Waals surface area (Å²) in [6.07, 6.45) is 0.749. The zero-order chi connectivity index (χ0) is 16.9. The molecule has 2 aromatic heterocycles. The number of hydrogen-bond donors (Lipinski definition) is 3. The highest BCUT2D eigenvalue weighted by Crippen LogP contribution is 2.25. The van der Waals surface area contributed by atoms with Gasteiger partial charge >= 0.3 is 6.03 Å². The number of nitrogens with one attached hydrogen (secondary N) is 2. The van der Waals surface area contributed by atoms with Crippen LogP contribution in [0.3, 0.4) is 0 Å². The predicted molar refractivity (Wildman–Crippen MR) is 97.8 cm³/mol. The van der Waals surface area contributed by atoms with E-state index in [9.17, 15) is 9.90 Å². The summed E-state index contributed by atoms with van der Waals surface area (Å²) in [4.78, 5) is 13.4. The van der Waals surface area contributed by atoms with E-state index >= 15 is 0 Å². The van der Waals surface area contributed by atoms with Crippen molar-refractivity contribution in [2.45, 2.75) is 13.3 Å². The van der Waals surface area contributed by atoms with Crippen LogP contribution in [0.5, 0.6) is 0 Å². The molecule has 2 amide bonds. The zero-order valence-corrected chi connectivity index (χ0v) is 14.8. The zero-order valence-electron chi connectivity index (χ0n) is 13.2. The number of amides is 2. The summed E-state index contributed by atoms with van der Waals surface area (Å²) in [5, 5.41) is 17.2. The van der Waals surface area contributed by atoms with E-state index < -0.39 is 0 Å². The van der Waals surface area contributed by atoms with Crippen molar-refractivity contribution in [3.63, 3.8) is 0 Å². The Labute approximate surface area is 147 Å². The normalized spacial score (nSPS) is 12.2. The standard InChI is InChI=1S/C16H18N4O2S2/c1-10-4-5-13-15(20-24-19-13)14(10)18-16(22)17-8-11(9-21)7-12-3-2-6-23-12/h2-6,11,21H,7-9H2,1H3,(H2,17,18,22). The number of nitrogens with zero attached hydrogens (tertiary/aromatic N) is 2. The molecule has 0 bridgehead atoms. The summed E-state index contributed by atoms with van der Waals surface area (Å²) < 4.78 is 8.43. The van der Waals surface area contributed by atoms with Crippen LogP contribution in [-0.4, -0.2) is 33.0 Å². The van der Waals surface area contributed by atoms with Gasteiger partial charge in [-0.25, -0.2) is 4.79 Å².